The number of hydrogen-bond acceptors (Lipinski definition) is 4. The first kappa shape index (κ1) is 19.8. The van der Waals surface area contributed by atoms with E-state index in [-0.39, 0.29) is 11.8 Å². The normalized spacial score (nSPS) is 24.7. The van der Waals surface area contributed by atoms with Gasteiger partial charge in [-0.3, -0.25) is 19.4 Å². The lowest BCUT2D eigenvalue weighted by molar-refractivity contribution is -0.146. The average molecular weight is 373 g/mol. The van der Waals surface area contributed by atoms with Crippen molar-refractivity contribution < 1.29 is 14.7 Å². The number of hydrogen-bond donors (Lipinski definition) is 1. The highest BCUT2D eigenvalue weighted by Gasteiger charge is 2.31. The van der Waals surface area contributed by atoms with Crippen LogP contribution in [0, 0.1) is 18.8 Å². The lowest BCUT2D eigenvalue weighted by atomic mass is 9.90. The van der Waals surface area contributed by atoms with Crippen LogP contribution in [-0.4, -0.2) is 77.5 Å². The summed E-state index contributed by atoms with van der Waals surface area (Å²) in [5.41, 5.74) is 2.59. The molecule has 1 N–H and O–H groups in total. The summed E-state index contributed by atoms with van der Waals surface area (Å²) in [5, 5.41) is 9.30. The minimum Gasteiger partial charge on any atom is -0.481 e. The highest BCUT2D eigenvalue weighted by molar-refractivity contribution is 5.78. The Morgan fingerprint density at radius 3 is 2.52 bits per heavy atom. The van der Waals surface area contributed by atoms with Crippen molar-refractivity contribution in [1.82, 2.24) is 14.7 Å². The third-order valence-corrected chi connectivity index (χ3v) is 5.66. The highest BCUT2D eigenvalue weighted by Crippen LogP contribution is 2.22. The molecular weight excluding hydrogens is 342 g/mol. The molecule has 3 rings (SSSR count). The molecule has 148 valence electrons. The largest absolute Gasteiger partial charge is 0.481 e. The van der Waals surface area contributed by atoms with Crippen molar-refractivity contribution in [2.45, 2.75) is 26.8 Å². The molecule has 2 aliphatic heterocycles. The molecule has 27 heavy (non-hydrogen) atoms. The molecule has 6 heteroatoms. The van der Waals surface area contributed by atoms with Crippen LogP contribution in [0.25, 0.3) is 0 Å². The molecule has 0 radical (unpaired) electrons. The Balaban J connectivity index is 1.46. The minimum absolute atomic E-state index is 0.128. The van der Waals surface area contributed by atoms with Gasteiger partial charge in [0, 0.05) is 45.8 Å². The van der Waals surface area contributed by atoms with E-state index in [1.54, 1.807) is 0 Å². The van der Waals surface area contributed by atoms with Gasteiger partial charge in [0.2, 0.25) is 5.91 Å². The molecule has 2 unspecified atom stereocenters. The van der Waals surface area contributed by atoms with E-state index in [1.807, 2.05) is 9.80 Å². The molecule has 0 saturated carbocycles. The summed E-state index contributed by atoms with van der Waals surface area (Å²) in [7, 11) is 0. The van der Waals surface area contributed by atoms with E-state index in [2.05, 4.69) is 43.0 Å². The second-order valence-corrected chi connectivity index (χ2v) is 8.22. The highest BCUT2D eigenvalue weighted by atomic mass is 16.4. The Morgan fingerprint density at radius 1 is 1.11 bits per heavy atom. The van der Waals surface area contributed by atoms with Crippen LogP contribution in [0.4, 0.5) is 0 Å². The molecule has 1 amide bonds. The molecule has 0 bridgehead atoms. The van der Waals surface area contributed by atoms with Gasteiger partial charge in [0.25, 0.3) is 0 Å². The Bertz CT molecular complexity index is 670. The van der Waals surface area contributed by atoms with E-state index < -0.39 is 5.97 Å². The number of piperidine rings is 1. The predicted octanol–water partition coefficient (Wildman–Crippen LogP) is 1.68. The number of amides is 1. The Kier molecular flexibility index (Phi) is 6.50. The van der Waals surface area contributed by atoms with Crippen LogP contribution in [0.15, 0.2) is 24.3 Å². The number of carbonyl (C=O) groups is 2. The second-order valence-electron chi connectivity index (χ2n) is 8.22. The summed E-state index contributed by atoms with van der Waals surface area (Å²) >= 11 is 0. The molecule has 2 saturated heterocycles. The van der Waals surface area contributed by atoms with Crippen LogP contribution in [0.2, 0.25) is 0 Å². The molecule has 2 heterocycles. The zero-order valence-corrected chi connectivity index (χ0v) is 16.4. The van der Waals surface area contributed by atoms with Crippen molar-refractivity contribution in [3.63, 3.8) is 0 Å². The van der Waals surface area contributed by atoms with Crippen molar-refractivity contribution in [1.29, 1.82) is 0 Å². The zero-order chi connectivity index (χ0) is 19.4. The van der Waals surface area contributed by atoms with E-state index in [0.717, 1.165) is 39.3 Å². The maximum Gasteiger partial charge on any atom is 0.307 e. The number of likely N-dealkylation sites (tertiary alicyclic amines) is 1. The van der Waals surface area contributed by atoms with E-state index in [1.165, 1.54) is 11.1 Å². The summed E-state index contributed by atoms with van der Waals surface area (Å²) in [4.78, 5) is 30.3. The summed E-state index contributed by atoms with van der Waals surface area (Å²) in [6, 6.07) is 8.57. The zero-order valence-electron chi connectivity index (χ0n) is 16.4. The molecule has 2 atom stereocenters. The Morgan fingerprint density at radius 2 is 1.85 bits per heavy atom. The lowest BCUT2D eigenvalue weighted by Crippen LogP contribution is -2.52. The van der Waals surface area contributed by atoms with Gasteiger partial charge in [-0.15, -0.1) is 0 Å². The average Bonchev–Trinajstić information content (AvgIpc) is 2.61. The SMILES string of the molecule is Cc1cccc(CN2CCN(C(=O)CN3CC(C)CC(C(=O)O)C3)CC2)c1. The van der Waals surface area contributed by atoms with Crippen LogP contribution >= 0.6 is 0 Å². The third-order valence-electron chi connectivity index (χ3n) is 5.66. The van der Waals surface area contributed by atoms with Crippen molar-refractivity contribution in [3.05, 3.63) is 35.4 Å². The van der Waals surface area contributed by atoms with Crippen LogP contribution in [-0.2, 0) is 16.1 Å². The number of piperazine rings is 1. The first-order chi connectivity index (χ1) is 12.9. The van der Waals surface area contributed by atoms with E-state index in [4.69, 9.17) is 0 Å². The lowest BCUT2D eigenvalue weighted by Gasteiger charge is -2.38. The summed E-state index contributed by atoms with van der Waals surface area (Å²) in [5.74, 6) is -0.654. The molecule has 0 aliphatic carbocycles. The maximum atomic E-state index is 12.7. The summed E-state index contributed by atoms with van der Waals surface area (Å²) < 4.78 is 0. The van der Waals surface area contributed by atoms with Gasteiger partial charge >= 0.3 is 5.97 Å². The van der Waals surface area contributed by atoms with Gasteiger partial charge in [0.1, 0.15) is 0 Å². The van der Waals surface area contributed by atoms with Crippen LogP contribution in [0.1, 0.15) is 24.5 Å². The molecule has 6 nitrogen and oxygen atoms in total. The molecule has 1 aromatic carbocycles. The summed E-state index contributed by atoms with van der Waals surface area (Å²) in [6.45, 7) is 9.99. The fourth-order valence-corrected chi connectivity index (χ4v) is 4.29. The molecular formula is C21H31N3O3. The van der Waals surface area contributed by atoms with E-state index in [0.29, 0.717) is 25.4 Å². The number of aryl methyl sites for hydroxylation is 1. The first-order valence-electron chi connectivity index (χ1n) is 9.91. The number of carboxylic acids is 1. The van der Waals surface area contributed by atoms with Gasteiger partial charge in [0.15, 0.2) is 0 Å². The van der Waals surface area contributed by atoms with Crippen molar-refractivity contribution >= 4 is 11.9 Å². The molecule has 0 spiro atoms. The first-order valence-corrected chi connectivity index (χ1v) is 9.91. The van der Waals surface area contributed by atoms with Crippen molar-refractivity contribution in [2.75, 3.05) is 45.8 Å². The number of benzene rings is 1. The van der Waals surface area contributed by atoms with E-state index in [9.17, 15) is 14.7 Å². The van der Waals surface area contributed by atoms with E-state index >= 15 is 0 Å². The number of rotatable bonds is 5. The predicted molar refractivity (Wildman–Crippen MR) is 104 cm³/mol. The molecule has 1 aromatic rings. The van der Waals surface area contributed by atoms with Gasteiger partial charge in [-0.2, -0.15) is 0 Å². The number of aliphatic carboxylic acids is 1. The maximum absolute atomic E-state index is 12.7. The Hall–Kier alpha value is -1.92. The molecule has 2 fully saturated rings. The minimum atomic E-state index is -0.747. The number of carbonyl (C=O) groups excluding carboxylic acids is 1. The van der Waals surface area contributed by atoms with Crippen LogP contribution in [0.5, 0.6) is 0 Å². The topological polar surface area (TPSA) is 64.1 Å². The summed E-state index contributed by atoms with van der Waals surface area (Å²) in [6.07, 6.45) is 0.706. The molecule has 2 aliphatic rings. The van der Waals surface area contributed by atoms with Gasteiger partial charge in [-0.1, -0.05) is 36.8 Å². The van der Waals surface area contributed by atoms with Gasteiger partial charge in [0.05, 0.1) is 12.5 Å². The van der Waals surface area contributed by atoms with Gasteiger partial charge in [-0.05, 0) is 24.8 Å². The number of nitrogens with zero attached hydrogens (tertiary/aromatic N) is 3. The van der Waals surface area contributed by atoms with Crippen molar-refractivity contribution in [3.8, 4) is 0 Å². The van der Waals surface area contributed by atoms with Crippen molar-refractivity contribution in [2.24, 2.45) is 11.8 Å². The molecule has 0 aromatic heterocycles. The quantitative estimate of drug-likeness (QED) is 0.851. The van der Waals surface area contributed by atoms with Gasteiger partial charge < -0.3 is 10.0 Å². The van der Waals surface area contributed by atoms with Gasteiger partial charge in [-0.25, -0.2) is 0 Å². The standard InChI is InChI=1S/C21H31N3O3/c1-16-4-3-5-18(10-16)13-22-6-8-24(9-7-22)20(25)15-23-12-17(2)11-19(14-23)21(26)27/h3-5,10,17,19H,6-9,11-15H2,1-2H3,(H,26,27). The third kappa shape index (κ3) is 5.53. The monoisotopic (exact) mass is 373 g/mol. The van der Waals surface area contributed by atoms with Crippen LogP contribution in [0.3, 0.4) is 0 Å². The second kappa shape index (κ2) is 8.85. The smallest absolute Gasteiger partial charge is 0.307 e. The number of carboxylic acid groups (broad SMARTS) is 1. The Labute approximate surface area is 161 Å². The fraction of sp³-hybridized carbons (Fsp3) is 0.619. The fourth-order valence-electron chi connectivity index (χ4n) is 4.29. The van der Waals surface area contributed by atoms with Crippen LogP contribution < -0.4 is 0 Å².